The Morgan fingerprint density at radius 2 is 2.27 bits per heavy atom. The first-order valence-corrected chi connectivity index (χ1v) is 6.52. The number of thioether (sulfide) groups is 1. The molecule has 0 aliphatic carbocycles. The minimum atomic E-state index is 0.133. The first-order chi connectivity index (χ1) is 7.04. The van der Waals surface area contributed by atoms with Gasteiger partial charge in [-0.2, -0.15) is 0 Å². The second-order valence-corrected chi connectivity index (χ2v) is 5.79. The zero-order valence-electron chi connectivity index (χ0n) is 8.88. The van der Waals surface area contributed by atoms with Crippen LogP contribution in [0.4, 0.5) is 0 Å². The van der Waals surface area contributed by atoms with Gasteiger partial charge in [-0.1, -0.05) is 29.8 Å². The van der Waals surface area contributed by atoms with Crippen LogP contribution in [0.2, 0.25) is 0 Å². The lowest BCUT2D eigenvalue weighted by atomic mass is 10.2. The van der Waals surface area contributed by atoms with E-state index in [-0.39, 0.29) is 5.84 Å². The zero-order chi connectivity index (χ0) is 11.4. The van der Waals surface area contributed by atoms with E-state index in [0.29, 0.717) is 5.25 Å². The summed E-state index contributed by atoms with van der Waals surface area (Å²) in [6.45, 7) is 4.33. The van der Waals surface area contributed by atoms with Crippen LogP contribution < -0.4 is 5.73 Å². The molecule has 0 heterocycles. The van der Waals surface area contributed by atoms with Gasteiger partial charge >= 0.3 is 0 Å². The lowest BCUT2D eigenvalue weighted by Gasteiger charge is -2.12. The molecule has 0 saturated carbocycles. The highest BCUT2D eigenvalue weighted by Gasteiger charge is 2.09. The van der Waals surface area contributed by atoms with Gasteiger partial charge in [0.05, 0.1) is 0 Å². The summed E-state index contributed by atoms with van der Waals surface area (Å²) in [5.74, 6) is 0.133. The van der Waals surface area contributed by atoms with Crippen LogP contribution in [0.5, 0.6) is 0 Å². The Morgan fingerprint density at radius 3 is 2.80 bits per heavy atom. The lowest BCUT2D eigenvalue weighted by Crippen LogP contribution is -2.12. The Labute approximate surface area is 103 Å². The molecule has 0 saturated heterocycles. The first kappa shape index (κ1) is 12.6. The third-order valence-electron chi connectivity index (χ3n) is 2.14. The van der Waals surface area contributed by atoms with Crippen LogP contribution in [0.25, 0.3) is 0 Å². The van der Waals surface area contributed by atoms with Crippen molar-refractivity contribution in [1.29, 1.82) is 5.41 Å². The SMILES string of the molecule is CCC(C)Sc1cc(Br)ccc1C(=N)N. The van der Waals surface area contributed by atoms with Crippen molar-refractivity contribution in [2.75, 3.05) is 0 Å². The van der Waals surface area contributed by atoms with E-state index in [1.54, 1.807) is 11.8 Å². The Kier molecular flexibility index (Phi) is 4.67. The van der Waals surface area contributed by atoms with E-state index < -0.39 is 0 Å². The summed E-state index contributed by atoms with van der Waals surface area (Å²) in [4.78, 5) is 1.08. The van der Waals surface area contributed by atoms with Crippen molar-refractivity contribution in [3.63, 3.8) is 0 Å². The summed E-state index contributed by atoms with van der Waals surface area (Å²) in [6, 6.07) is 5.82. The van der Waals surface area contributed by atoms with Crippen LogP contribution >= 0.6 is 27.7 Å². The fourth-order valence-electron chi connectivity index (χ4n) is 1.12. The maximum absolute atomic E-state index is 7.50. The quantitative estimate of drug-likeness (QED) is 0.505. The maximum atomic E-state index is 7.50. The number of rotatable bonds is 4. The van der Waals surface area contributed by atoms with Crippen molar-refractivity contribution in [3.8, 4) is 0 Å². The molecule has 3 N–H and O–H groups in total. The second kappa shape index (κ2) is 5.56. The highest BCUT2D eigenvalue weighted by Crippen LogP contribution is 2.30. The molecule has 1 atom stereocenters. The summed E-state index contributed by atoms with van der Waals surface area (Å²) in [7, 11) is 0. The largest absolute Gasteiger partial charge is 0.384 e. The normalized spacial score (nSPS) is 12.5. The van der Waals surface area contributed by atoms with Gasteiger partial charge in [0.2, 0.25) is 0 Å². The highest BCUT2D eigenvalue weighted by molar-refractivity contribution is 9.10. The van der Waals surface area contributed by atoms with E-state index in [9.17, 15) is 0 Å². The van der Waals surface area contributed by atoms with E-state index in [1.165, 1.54) is 0 Å². The molecule has 1 aromatic carbocycles. The van der Waals surface area contributed by atoms with Crippen LogP contribution in [0.3, 0.4) is 0 Å². The van der Waals surface area contributed by atoms with Gasteiger partial charge in [-0.15, -0.1) is 11.8 Å². The standard InChI is InChI=1S/C11H15BrN2S/c1-3-7(2)15-10-6-8(12)4-5-9(10)11(13)14/h4-7H,3H2,1-2H3,(H3,13,14). The number of benzene rings is 1. The zero-order valence-corrected chi connectivity index (χ0v) is 11.3. The smallest absolute Gasteiger partial charge is 0.123 e. The molecule has 0 radical (unpaired) electrons. The number of hydrogen-bond donors (Lipinski definition) is 2. The van der Waals surface area contributed by atoms with Crippen LogP contribution in [0, 0.1) is 5.41 Å². The van der Waals surface area contributed by atoms with Crippen LogP contribution in [-0.4, -0.2) is 11.1 Å². The number of nitrogens with two attached hydrogens (primary N) is 1. The molecule has 82 valence electrons. The van der Waals surface area contributed by atoms with Crippen molar-refractivity contribution < 1.29 is 0 Å². The van der Waals surface area contributed by atoms with Gasteiger partial charge in [0.1, 0.15) is 5.84 Å². The van der Waals surface area contributed by atoms with Gasteiger partial charge in [-0.25, -0.2) is 0 Å². The number of hydrogen-bond acceptors (Lipinski definition) is 2. The molecule has 0 spiro atoms. The summed E-state index contributed by atoms with van der Waals surface area (Å²) in [5, 5.41) is 8.04. The fourth-order valence-corrected chi connectivity index (χ4v) is 2.73. The van der Waals surface area contributed by atoms with Gasteiger partial charge in [0, 0.05) is 20.2 Å². The number of halogens is 1. The van der Waals surface area contributed by atoms with Gasteiger partial charge in [0.25, 0.3) is 0 Å². The number of nitrogens with one attached hydrogen (secondary N) is 1. The van der Waals surface area contributed by atoms with Gasteiger partial charge in [-0.05, 0) is 24.6 Å². The average Bonchev–Trinajstić information content (AvgIpc) is 2.17. The average molecular weight is 287 g/mol. The molecule has 1 rings (SSSR count). The summed E-state index contributed by atoms with van der Waals surface area (Å²) in [6.07, 6.45) is 1.11. The van der Waals surface area contributed by atoms with Crippen LogP contribution in [0.15, 0.2) is 27.6 Å². The van der Waals surface area contributed by atoms with Crippen LogP contribution in [-0.2, 0) is 0 Å². The maximum Gasteiger partial charge on any atom is 0.123 e. The molecular formula is C11H15BrN2S. The fraction of sp³-hybridized carbons (Fsp3) is 0.364. The molecule has 0 fully saturated rings. The molecule has 0 bridgehead atoms. The molecule has 0 aliphatic rings. The molecule has 2 nitrogen and oxygen atoms in total. The van der Waals surface area contributed by atoms with Crippen molar-refractivity contribution in [1.82, 2.24) is 0 Å². The number of amidine groups is 1. The summed E-state index contributed by atoms with van der Waals surface area (Å²) in [5.41, 5.74) is 6.36. The molecule has 0 aliphatic heterocycles. The Morgan fingerprint density at radius 1 is 1.60 bits per heavy atom. The summed E-state index contributed by atoms with van der Waals surface area (Å²) >= 11 is 5.19. The minimum absolute atomic E-state index is 0.133. The molecule has 4 heteroatoms. The highest BCUT2D eigenvalue weighted by atomic mass is 79.9. The van der Waals surface area contributed by atoms with Gasteiger partial charge in [-0.3, -0.25) is 5.41 Å². The van der Waals surface area contributed by atoms with E-state index in [1.807, 2.05) is 18.2 Å². The Balaban J connectivity index is 3.02. The lowest BCUT2D eigenvalue weighted by molar-refractivity contribution is 0.905. The van der Waals surface area contributed by atoms with Crippen molar-refractivity contribution >= 4 is 33.5 Å². The van der Waals surface area contributed by atoms with Crippen molar-refractivity contribution in [2.24, 2.45) is 5.73 Å². The minimum Gasteiger partial charge on any atom is -0.384 e. The third-order valence-corrected chi connectivity index (χ3v) is 3.96. The first-order valence-electron chi connectivity index (χ1n) is 4.85. The molecule has 1 aromatic rings. The molecule has 0 aromatic heterocycles. The van der Waals surface area contributed by atoms with E-state index in [4.69, 9.17) is 11.1 Å². The van der Waals surface area contributed by atoms with Crippen molar-refractivity contribution in [3.05, 3.63) is 28.2 Å². The monoisotopic (exact) mass is 286 g/mol. The Bertz CT molecular complexity index is 366. The summed E-state index contributed by atoms with van der Waals surface area (Å²) < 4.78 is 1.03. The van der Waals surface area contributed by atoms with Gasteiger partial charge in [0.15, 0.2) is 0 Å². The van der Waals surface area contributed by atoms with Crippen LogP contribution in [0.1, 0.15) is 25.8 Å². The topological polar surface area (TPSA) is 49.9 Å². The van der Waals surface area contributed by atoms with Gasteiger partial charge < -0.3 is 5.73 Å². The van der Waals surface area contributed by atoms with E-state index in [0.717, 1.165) is 21.4 Å². The molecular weight excluding hydrogens is 272 g/mol. The third kappa shape index (κ3) is 3.54. The molecule has 1 unspecified atom stereocenters. The molecule has 0 amide bonds. The predicted molar refractivity (Wildman–Crippen MR) is 70.8 cm³/mol. The number of nitrogen functional groups attached to an aromatic ring is 1. The molecule has 15 heavy (non-hydrogen) atoms. The predicted octanol–water partition coefficient (Wildman–Crippen LogP) is 3.62. The van der Waals surface area contributed by atoms with E-state index in [2.05, 4.69) is 29.8 Å². The van der Waals surface area contributed by atoms with Crippen molar-refractivity contribution in [2.45, 2.75) is 30.4 Å². The second-order valence-electron chi connectivity index (χ2n) is 3.39. The Hall–Kier alpha value is -0.480. The van der Waals surface area contributed by atoms with E-state index >= 15 is 0 Å².